The second-order valence-corrected chi connectivity index (χ2v) is 19.0. The third-order valence-corrected chi connectivity index (χ3v) is 13.1. The van der Waals surface area contributed by atoms with Crippen molar-refractivity contribution in [3.8, 4) is 0 Å². The SMILES string of the molecule is CCCOC1CCC(OCC)C1.CCCOC1CCC1.CCCOC1CCCCC1.CCCOCCC1CCCC1.CCOC1CCCCC1.CCOCCOCC1CCCCC1. The average Bonchev–Trinajstić information content (AvgIpc) is 4.01. The fraction of sp³-hybridized carbons (Fsp3) is 1.00. The van der Waals surface area contributed by atoms with E-state index in [0.717, 1.165) is 117 Å². The molecular formula is C55H110O8. The van der Waals surface area contributed by atoms with Gasteiger partial charge >= 0.3 is 0 Å². The van der Waals surface area contributed by atoms with Crippen molar-refractivity contribution in [3.63, 3.8) is 0 Å². The van der Waals surface area contributed by atoms with Crippen molar-refractivity contribution in [2.75, 3.05) is 72.7 Å². The van der Waals surface area contributed by atoms with Crippen LogP contribution in [0.25, 0.3) is 0 Å². The second kappa shape index (κ2) is 46.8. The summed E-state index contributed by atoms with van der Waals surface area (Å²) < 4.78 is 43.9. The molecule has 0 amide bonds. The van der Waals surface area contributed by atoms with Crippen molar-refractivity contribution < 1.29 is 37.9 Å². The molecule has 0 aromatic rings. The summed E-state index contributed by atoms with van der Waals surface area (Å²) in [6, 6.07) is 0. The van der Waals surface area contributed by atoms with Gasteiger partial charge in [0.15, 0.2) is 0 Å². The van der Waals surface area contributed by atoms with Crippen LogP contribution >= 0.6 is 0 Å². The number of hydrogen-bond donors (Lipinski definition) is 0. The molecule has 6 saturated carbocycles. The molecule has 0 saturated heterocycles. The van der Waals surface area contributed by atoms with Crippen LogP contribution in [0.5, 0.6) is 0 Å². The first-order valence-corrected chi connectivity index (χ1v) is 27.8. The van der Waals surface area contributed by atoms with Crippen LogP contribution in [0.1, 0.15) is 241 Å². The topological polar surface area (TPSA) is 73.8 Å². The Labute approximate surface area is 392 Å². The third kappa shape index (κ3) is 37.4. The maximum absolute atomic E-state index is 5.65. The van der Waals surface area contributed by atoms with Crippen molar-refractivity contribution in [1.29, 1.82) is 0 Å². The van der Waals surface area contributed by atoms with Gasteiger partial charge in [0.1, 0.15) is 0 Å². The molecule has 63 heavy (non-hydrogen) atoms. The highest BCUT2D eigenvalue weighted by Crippen LogP contribution is 2.28. The second-order valence-electron chi connectivity index (χ2n) is 19.0. The van der Waals surface area contributed by atoms with Gasteiger partial charge in [0.05, 0.1) is 43.7 Å². The molecule has 0 heterocycles. The van der Waals surface area contributed by atoms with Crippen LogP contribution < -0.4 is 0 Å². The lowest BCUT2D eigenvalue weighted by atomic mass is 9.90. The van der Waals surface area contributed by atoms with Gasteiger partial charge in [-0.3, -0.25) is 0 Å². The maximum atomic E-state index is 5.65. The molecule has 378 valence electrons. The molecule has 6 fully saturated rings. The highest BCUT2D eigenvalue weighted by Gasteiger charge is 2.25. The summed E-state index contributed by atoms with van der Waals surface area (Å²) in [6.45, 7) is 24.6. The van der Waals surface area contributed by atoms with Crippen LogP contribution in [0, 0.1) is 11.8 Å². The maximum Gasteiger partial charge on any atom is 0.0700 e. The zero-order valence-corrected chi connectivity index (χ0v) is 43.3. The molecule has 6 aliphatic carbocycles. The van der Waals surface area contributed by atoms with E-state index in [4.69, 9.17) is 37.9 Å². The molecular weight excluding hydrogens is 789 g/mol. The Morgan fingerprint density at radius 1 is 0.286 bits per heavy atom. The Morgan fingerprint density at radius 2 is 0.683 bits per heavy atom. The number of hydrogen-bond acceptors (Lipinski definition) is 8. The Kier molecular flexibility index (Phi) is 45.1. The first kappa shape index (κ1) is 60.7. The quantitative estimate of drug-likeness (QED) is 0.0887. The van der Waals surface area contributed by atoms with E-state index in [1.54, 1.807) is 0 Å². The Morgan fingerprint density at radius 3 is 1.14 bits per heavy atom. The molecule has 0 bridgehead atoms. The van der Waals surface area contributed by atoms with Gasteiger partial charge in [0.25, 0.3) is 0 Å². The van der Waals surface area contributed by atoms with Crippen molar-refractivity contribution in [1.82, 2.24) is 0 Å². The lowest BCUT2D eigenvalue weighted by Gasteiger charge is -2.25. The van der Waals surface area contributed by atoms with Crippen molar-refractivity contribution in [2.45, 2.75) is 272 Å². The molecule has 8 heteroatoms. The Bertz CT molecular complexity index is 862. The molecule has 0 aromatic heterocycles. The van der Waals surface area contributed by atoms with E-state index in [1.807, 2.05) is 6.92 Å². The molecule has 6 rings (SSSR count). The zero-order chi connectivity index (χ0) is 45.7. The lowest BCUT2D eigenvalue weighted by Crippen LogP contribution is -2.21. The van der Waals surface area contributed by atoms with Gasteiger partial charge in [0, 0.05) is 59.5 Å². The summed E-state index contributed by atoms with van der Waals surface area (Å²) in [5.41, 5.74) is 0. The van der Waals surface area contributed by atoms with Gasteiger partial charge in [0.2, 0.25) is 0 Å². The van der Waals surface area contributed by atoms with Gasteiger partial charge < -0.3 is 37.9 Å². The summed E-state index contributed by atoms with van der Waals surface area (Å²) in [6.07, 6.45) is 42.5. The number of ether oxygens (including phenoxy) is 8. The van der Waals surface area contributed by atoms with Gasteiger partial charge in [-0.05, 0) is 142 Å². The first-order chi connectivity index (χ1) is 31.0. The average molecular weight is 899 g/mol. The molecule has 0 radical (unpaired) electrons. The first-order valence-electron chi connectivity index (χ1n) is 27.8. The largest absolute Gasteiger partial charge is 0.381 e. The number of rotatable bonds is 24. The van der Waals surface area contributed by atoms with Gasteiger partial charge in [-0.25, -0.2) is 0 Å². The normalized spacial score (nSPS) is 22.1. The summed E-state index contributed by atoms with van der Waals surface area (Å²) in [7, 11) is 0. The van der Waals surface area contributed by atoms with Crippen LogP contribution in [0.3, 0.4) is 0 Å². The standard InChI is InChI=1S/C11H22O2.C10H20O2.C10H20O.C9H18O.C8H16O.C7H14O/c1-2-12-8-9-13-10-11-6-4-3-5-7-11;1-3-7-12-10-6-5-9(8-10)11-4-2;1-2-8-11-9-7-10-5-3-4-6-10;1-2-8-10-9-6-4-3-5-7-9;1-2-9-8-6-4-3-5-7-8;1-2-6-8-7-4-3-5-7/h11H,2-10H2,1H3;9-10H,3-8H2,1-2H3;10H,2-9H2,1H3;9H,2-8H2,1H3;8H,2-7H2,1H3;7H,2-6H2,1H3. The minimum Gasteiger partial charge on any atom is -0.381 e. The monoisotopic (exact) mass is 899 g/mol. The molecule has 0 aliphatic heterocycles. The van der Waals surface area contributed by atoms with E-state index in [1.165, 1.54) is 161 Å². The van der Waals surface area contributed by atoms with E-state index in [9.17, 15) is 0 Å². The molecule has 2 unspecified atom stereocenters. The van der Waals surface area contributed by atoms with Gasteiger partial charge in [-0.15, -0.1) is 0 Å². The van der Waals surface area contributed by atoms with Gasteiger partial charge in [-0.1, -0.05) is 111 Å². The molecule has 2 atom stereocenters. The van der Waals surface area contributed by atoms with E-state index in [2.05, 4.69) is 41.5 Å². The summed E-state index contributed by atoms with van der Waals surface area (Å²) in [5, 5.41) is 0. The summed E-state index contributed by atoms with van der Waals surface area (Å²) in [5.74, 6) is 1.82. The molecule has 6 aliphatic rings. The van der Waals surface area contributed by atoms with Crippen LogP contribution in [0.2, 0.25) is 0 Å². The van der Waals surface area contributed by atoms with Crippen LogP contribution in [-0.2, 0) is 37.9 Å². The zero-order valence-electron chi connectivity index (χ0n) is 43.3. The molecule has 0 aromatic carbocycles. The summed E-state index contributed by atoms with van der Waals surface area (Å²) >= 11 is 0. The van der Waals surface area contributed by atoms with E-state index in [-0.39, 0.29) is 0 Å². The van der Waals surface area contributed by atoms with Crippen molar-refractivity contribution in [2.24, 2.45) is 11.8 Å². The Hall–Kier alpha value is -0.320. The lowest BCUT2D eigenvalue weighted by molar-refractivity contribution is 0.00285. The summed E-state index contributed by atoms with van der Waals surface area (Å²) in [4.78, 5) is 0. The third-order valence-electron chi connectivity index (χ3n) is 13.1. The fourth-order valence-corrected chi connectivity index (χ4v) is 9.19. The predicted octanol–water partition coefficient (Wildman–Crippen LogP) is 15.1. The van der Waals surface area contributed by atoms with E-state index in [0.29, 0.717) is 30.5 Å². The highest BCUT2D eigenvalue weighted by atomic mass is 16.5. The van der Waals surface area contributed by atoms with Crippen LogP contribution in [0.15, 0.2) is 0 Å². The van der Waals surface area contributed by atoms with Gasteiger partial charge in [-0.2, -0.15) is 0 Å². The molecule has 0 N–H and O–H groups in total. The highest BCUT2D eigenvalue weighted by molar-refractivity contribution is 4.76. The van der Waals surface area contributed by atoms with E-state index >= 15 is 0 Å². The molecule has 8 nitrogen and oxygen atoms in total. The van der Waals surface area contributed by atoms with E-state index < -0.39 is 0 Å². The fourth-order valence-electron chi connectivity index (χ4n) is 9.19. The Balaban J connectivity index is 0.000000380. The predicted molar refractivity (Wildman–Crippen MR) is 266 cm³/mol. The van der Waals surface area contributed by atoms with Crippen LogP contribution in [0.4, 0.5) is 0 Å². The van der Waals surface area contributed by atoms with Crippen molar-refractivity contribution in [3.05, 3.63) is 0 Å². The van der Waals surface area contributed by atoms with Crippen LogP contribution in [-0.4, -0.2) is 103 Å². The minimum atomic E-state index is 0.469. The minimum absolute atomic E-state index is 0.469. The van der Waals surface area contributed by atoms with Crippen molar-refractivity contribution >= 4 is 0 Å². The smallest absolute Gasteiger partial charge is 0.0700 e. The molecule has 0 spiro atoms.